The third-order valence-electron chi connectivity index (χ3n) is 4.14. The summed E-state index contributed by atoms with van der Waals surface area (Å²) in [4.78, 5) is 0. The summed E-state index contributed by atoms with van der Waals surface area (Å²) in [7, 11) is 0. The third kappa shape index (κ3) is 3.07. The molecular formula is C18H20FN. The molecule has 1 N–H and O–H groups in total. The molecule has 1 aliphatic rings. The van der Waals surface area contributed by atoms with E-state index in [1.54, 1.807) is 12.1 Å². The monoisotopic (exact) mass is 269 g/mol. The van der Waals surface area contributed by atoms with Crippen molar-refractivity contribution < 1.29 is 4.39 Å². The van der Waals surface area contributed by atoms with E-state index in [0.29, 0.717) is 5.92 Å². The van der Waals surface area contributed by atoms with E-state index in [1.807, 2.05) is 12.1 Å². The molecule has 0 spiro atoms. The van der Waals surface area contributed by atoms with Crippen LogP contribution in [0.3, 0.4) is 0 Å². The van der Waals surface area contributed by atoms with Gasteiger partial charge in [-0.2, -0.15) is 0 Å². The number of hydrogen-bond donors (Lipinski definition) is 1. The van der Waals surface area contributed by atoms with Crippen LogP contribution in [0.5, 0.6) is 0 Å². The van der Waals surface area contributed by atoms with Gasteiger partial charge < -0.3 is 5.32 Å². The topological polar surface area (TPSA) is 12.0 Å². The molecule has 1 nitrogen and oxygen atoms in total. The van der Waals surface area contributed by atoms with Crippen molar-refractivity contribution in [3.8, 4) is 0 Å². The van der Waals surface area contributed by atoms with Gasteiger partial charge in [0.25, 0.3) is 0 Å². The van der Waals surface area contributed by atoms with Crippen LogP contribution in [-0.4, -0.2) is 13.1 Å². The lowest BCUT2D eigenvalue weighted by Crippen LogP contribution is -2.27. The van der Waals surface area contributed by atoms with Gasteiger partial charge in [-0.1, -0.05) is 36.4 Å². The fraction of sp³-hybridized carbons (Fsp3) is 0.333. The Labute approximate surface area is 119 Å². The first kappa shape index (κ1) is 13.3. The molecule has 20 heavy (non-hydrogen) atoms. The predicted molar refractivity (Wildman–Crippen MR) is 80.5 cm³/mol. The summed E-state index contributed by atoms with van der Waals surface area (Å²) >= 11 is 0. The number of hydrogen-bond acceptors (Lipinski definition) is 1. The number of rotatable bonds is 3. The fourth-order valence-electron chi connectivity index (χ4n) is 3.05. The first-order valence-electron chi connectivity index (χ1n) is 7.36. The van der Waals surface area contributed by atoms with Crippen LogP contribution in [0.25, 0.3) is 0 Å². The van der Waals surface area contributed by atoms with Crippen LogP contribution in [0.2, 0.25) is 0 Å². The summed E-state index contributed by atoms with van der Waals surface area (Å²) in [6.07, 6.45) is 3.31. The van der Waals surface area contributed by atoms with Gasteiger partial charge in [0.2, 0.25) is 0 Å². The van der Waals surface area contributed by atoms with Gasteiger partial charge in [0.05, 0.1) is 0 Å². The molecule has 1 saturated heterocycles. The zero-order chi connectivity index (χ0) is 13.8. The van der Waals surface area contributed by atoms with Crippen molar-refractivity contribution in [1.82, 2.24) is 5.32 Å². The highest BCUT2D eigenvalue weighted by atomic mass is 19.1. The highest BCUT2D eigenvalue weighted by molar-refractivity contribution is 5.35. The molecule has 1 fully saturated rings. The number of piperidine rings is 1. The van der Waals surface area contributed by atoms with Crippen LogP contribution < -0.4 is 5.32 Å². The van der Waals surface area contributed by atoms with Gasteiger partial charge in [0.15, 0.2) is 0 Å². The maximum absolute atomic E-state index is 13.0. The van der Waals surface area contributed by atoms with E-state index in [2.05, 4.69) is 29.6 Å². The molecule has 0 aliphatic carbocycles. The molecule has 2 aromatic rings. The second-order valence-electron chi connectivity index (χ2n) is 5.53. The highest BCUT2D eigenvalue weighted by Crippen LogP contribution is 2.29. The minimum Gasteiger partial charge on any atom is -0.317 e. The average molecular weight is 269 g/mol. The Hall–Kier alpha value is -1.67. The minimum absolute atomic E-state index is 0.166. The molecule has 0 amide bonds. The molecule has 3 rings (SSSR count). The molecule has 104 valence electrons. The van der Waals surface area contributed by atoms with Crippen LogP contribution in [-0.2, 0) is 6.42 Å². The van der Waals surface area contributed by atoms with Crippen molar-refractivity contribution >= 4 is 0 Å². The van der Waals surface area contributed by atoms with Crippen molar-refractivity contribution in [3.63, 3.8) is 0 Å². The molecule has 1 heterocycles. The van der Waals surface area contributed by atoms with Crippen molar-refractivity contribution in [1.29, 1.82) is 0 Å². The smallest absolute Gasteiger partial charge is 0.123 e. The molecule has 0 radical (unpaired) electrons. The van der Waals surface area contributed by atoms with Crippen molar-refractivity contribution in [2.75, 3.05) is 13.1 Å². The fourth-order valence-corrected chi connectivity index (χ4v) is 3.05. The summed E-state index contributed by atoms with van der Waals surface area (Å²) in [6.45, 7) is 2.21. The Morgan fingerprint density at radius 2 is 1.65 bits per heavy atom. The van der Waals surface area contributed by atoms with Gasteiger partial charge >= 0.3 is 0 Å². The van der Waals surface area contributed by atoms with Crippen molar-refractivity contribution in [2.45, 2.75) is 25.2 Å². The largest absolute Gasteiger partial charge is 0.317 e. The normalized spacial score (nSPS) is 16.2. The van der Waals surface area contributed by atoms with E-state index < -0.39 is 0 Å². The van der Waals surface area contributed by atoms with Crippen LogP contribution in [0, 0.1) is 5.82 Å². The van der Waals surface area contributed by atoms with E-state index in [-0.39, 0.29) is 5.82 Å². The predicted octanol–water partition coefficient (Wildman–Crippen LogP) is 3.88. The Kier molecular flexibility index (Phi) is 4.12. The lowest BCUT2D eigenvalue weighted by Gasteiger charge is -2.25. The maximum Gasteiger partial charge on any atom is 0.123 e. The first-order valence-corrected chi connectivity index (χ1v) is 7.36. The zero-order valence-corrected chi connectivity index (χ0v) is 11.6. The molecule has 2 heteroatoms. The second kappa shape index (κ2) is 6.19. The lowest BCUT2D eigenvalue weighted by atomic mass is 9.85. The van der Waals surface area contributed by atoms with E-state index in [1.165, 1.54) is 29.5 Å². The van der Waals surface area contributed by atoms with Crippen molar-refractivity contribution in [3.05, 3.63) is 71.0 Å². The Bertz CT molecular complexity index is 556. The minimum atomic E-state index is -0.166. The summed E-state index contributed by atoms with van der Waals surface area (Å²) in [5.74, 6) is 0.494. The number of halogens is 1. The Morgan fingerprint density at radius 3 is 2.40 bits per heavy atom. The van der Waals surface area contributed by atoms with Gasteiger partial charge in [0.1, 0.15) is 5.82 Å². The Balaban J connectivity index is 1.83. The standard InChI is InChI=1S/C18H20FN/c19-17-7-5-14(6-8-17)13-16-3-1-2-4-18(16)15-9-11-20-12-10-15/h1-8,15,20H,9-13H2. The van der Waals surface area contributed by atoms with Gasteiger partial charge in [-0.05, 0) is 67.1 Å². The van der Waals surface area contributed by atoms with Gasteiger partial charge in [-0.15, -0.1) is 0 Å². The average Bonchev–Trinajstić information content (AvgIpc) is 2.51. The molecule has 0 aromatic heterocycles. The van der Waals surface area contributed by atoms with Crippen LogP contribution >= 0.6 is 0 Å². The SMILES string of the molecule is Fc1ccc(Cc2ccccc2C2CCNCC2)cc1. The van der Waals surface area contributed by atoms with Crippen molar-refractivity contribution in [2.24, 2.45) is 0 Å². The van der Waals surface area contributed by atoms with Gasteiger partial charge in [-0.25, -0.2) is 4.39 Å². The van der Waals surface area contributed by atoms with E-state index >= 15 is 0 Å². The maximum atomic E-state index is 13.0. The molecule has 0 unspecified atom stereocenters. The third-order valence-corrected chi connectivity index (χ3v) is 4.14. The van der Waals surface area contributed by atoms with E-state index in [4.69, 9.17) is 0 Å². The second-order valence-corrected chi connectivity index (χ2v) is 5.53. The first-order chi connectivity index (χ1) is 9.83. The molecule has 1 aliphatic heterocycles. The zero-order valence-electron chi connectivity index (χ0n) is 11.6. The Morgan fingerprint density at radius 1 is 0.950 bits per heavy atom. The number of nitrogens with one attached hydrogen (secondary N) is 1. The van der Waals surface area contributed by atoms with Crippen LogP contribution in [0.4, 0.5) is 4.39 Å². The number of benzene rings is 2. The summed E-state index contributed by atoms with van der Waals surface area (Å²) in [5, 5.41) is 3.42. The van der Waals surface area contributed by atoms with Crippen LogP contribution in [0.1, 0.15) is 35.4 Å². The van der Waals surface area contributed by atoms with Gasteiger partial charge in [-0.3, -0.25) is 0 Å². The van der Waals surface area contributed by atoms with E-state index in [0.717, 1.165) is 19.5 Å². The molecule has 0 saturated carbocycles. The summed E-state index contributed by atoms with van der Waals surface area (Å²) < 4.78 is 13.0. The van der Waals surface area contributed by atoms with E-state index in [9.17, 15) is 4.39 Å². The summed E-state index contributed by atoms with van der Waals surface area (Å²) in [6, 6.07) is 15.6. The molecule has 0 atom stereocenters. The lowest BCUT2D eigenvalue weighted by molar-refractivity contribution is 0.458. The highest BCUT2D eigenvalue weighted by Gasteiger charge is 2.17. The molecule has 2 aromatic carbocycles. The van der Waals surface area contributed by atoms with Crippen LogP contribution in [0.15, 0.2) is 48.5 Å². The summed E-state index contributed by atoms with van der Waals surface area (Å²) in [5.41, 5.74) is 4.03. The van der Waals surface area contributed by atoms with Gasteiger partial charge in [0, 0.05) is 0 Å². The molecule has 0 bridgehead atoms. The molecular weight excluding hydrogens is 249 g/mol. The quantitative estimate of drug-likeness (QED) is 0.891.